The second kappa shape index (κ2) is 5.33. The summed E-state index contributed by atoms with van der Waals surface area (Å²) in [5.41, 5.74) is 3.60. The van der Waals surface area contributed by atoms with Crippen LogP contribution in [0.5, 0.6) is 0 Å². The third-order valence-electron chi connectivity index (χ3n) is 4.45. The van der Waals surface area contributed by atoms with Gasteiger partial charge in [0, 0.05) is 12.0 Å². The van der Waals surface area contributed by atoms with Crippen molar-refractivity contribution in [2.24, 2.45) is 0 Å². The molecule has 1 saturated carbocycles. The van der Waals surface area contributed by atoms with E-state index in [1.54, 1.807) is 0 Å². The molecule has 2 N–H and O–H groups in total. The van der Waals surface area contributed by atoms with E-state index in [-0.39, 0.29) is 0 Å². The van der Waals surface area contributed by atoms with Gasteiger partial charge in [-0.25, -0.2) is 4.98 Å². The molecule has 1 unspecified atom stereocenters. The fraction of sp³-hybridized carbons (Fsp3) is 0.562. The summed E-state index contributed by atoms with van der Waals surface area (Å²) >= 11 is 0. The van der Waals surface area contributed by atoms with E-state index in [1.807, 2.05) is 7.05 Å². The standard InChI is InChI=1S/C16H23N3/c1-11(17-2)13-8-9-14-15(10-13)19-16(18-14)12-6-4-3-5-7-12/h8-12,17H,3-7H2,1-2H3,(H,18,19). The van der Waals surface area contributed by atoms with Crippen molar-refractivity contribution in [1.29, 1.82) is 0 Å². The van der Waals surface area contributed by atoms with E-state index in [4.69, 9.17) is 4.98 Å². The van der Waals surface area contributed by atoms with Crippen LogP contribution in [0.4, 0.5) is 0 Å². The van der Waals surface area contributed by atoms with Crippen LogP contribution < -0.4 is 5.32 Å². The van der Waals surface area contributed by atoms with E-state index >= 15 is 0 Å². The molecule has 0 spiro atoms. The SMILES string of the molecule is CNC(C)c1ccc2nc(C3CCCCC3)[nH]c2c1. The first-order valence-electron chi connectivity index (χ1n) is 7.45. The van der Waals surface area contributed by atoms with Crippen LogP contribution in [0, 0.1) is 0 Å². The molecule has 3 nitrogen and oxygen atoms in total. The molecule has 3 rings (SSSR count). The summed E-state index contributed by atoms with van der Waals surface area (Å²) in [6.45, 7) is 2.18. The van der Waals surface area contributed by atoms with Crippen LogP contribution in [-0.4, -0.2) is 17.0 Å². The number of imidazole rings is 1. The first kappa shape index (κ1) is 12.7. The molecule has 0 saturated heterocycles. The molecule has 1 fully saturated rings. The van der Waals surface area contributed by atoms with E-state index in [0.29, 0.717) is 12.0 Å². The average molecular weight is 257 g/mol. The highest BCUT2D eigenvalue weighted by molar-refractivity contribution is 5.76. The van der Waals surface area contributed by atoms with Crippen LogP contribution >= 0.6 is 0 Å². The van der Waals surface area contributed by atoms with Crippen molar-refractivity contribution in [2.45, 2.75) is 51.0 Å². The Hall–Kier alpha value is -1.35. The first-order valence-corrected chi connectivity index (χ1v) is 7.45. The summed E-state index contributed by atoms with van der Waals surface area (Å²) in [5.74, 6) is 1.84. The predicted molar refractivity (Wildman–Crippen MR) is 79.4 cm³/mol. The molecule has 1 aromatic heterocycles. The quantitative estimate of drug-likeness (QED) is 0.875. The highest BCUT2D eigenvalue weighted by Gasteiger charge is 2.19. The molecule has 3 heteroatoms. The van der Waals surface area contributed by atoms with Crippen molar-refractivity contribution in [3.8, 4) is 0 Å². The van der Waals surface area contributed by atoms with E-state index in [9.17, 15) is 0 Å². The van der Waals surface area contributed by atoms with Crippen molar-refractivity contribution in [1.82, 2.24) is 15.3 Å². The summed E-state index contributed by atoms with van der Waals surface area (Å²) in [6, 6.07) is 6.93. The van der Waals surface area contributed by atoms with Gasteiger partial charge in [-0.1, -0.05) is 25.3 Å². The van der Waals surface area contributed by atoms with Crippen LogP contribution in [0.2, 0.25) is 0 Å². The molecule has 0 amide bonds. The molecule has 1 atom stereocenters. The number of aromatic nitrogens is 2. The smallest absolute Gasteiger partial charge is 0.110 e. The average Bonchev–Trinajstić information content (AvgIpc) is 2.90. The number of aromatic amines is 1. The number of benzene rings is 1. The molecule has 0 radical (unpaired) electrons. The zero-order valence-corrected chi connectivity index (χ0v) is 11.9. The third-order valence-corrected chi connectivity index (χ3v) is 4.45. The van der Waals surface area contributed by atoms with E-state index in [2.05, 4.69) is 35.4 Å². The topological polar surface area (TPSA) is 40.7 Å². The summed E-state index contributed by atoms with van der Waals surface area (Å²) in [5, 5.41) is 3.28. The molecule has 19 heavy (non-hydrogen) atoms. The molecule has 1 aliphatic carbocycles. The Morgan fingerprint density at radius 3 is 2.79 bits per heavy atom. The molecule has 0 bridgehead atoms. The van der Waals surface area contributed by atoms with Crippen LogP contribution in [0.3, 0.4) is 0 Å². The van der Waals surface area contributed by atoms with Crippen molar-refractivity contribution in [2.75, 3.05) is 7.05 Å². The number of fused-ring (bicyclic) bond motifs is 1. The molecular weight excluding hydrogens is 234 g/mol. The lowest BCUT2D eigenvalue weighted by Crippen LogP contribution is -2.11. The number of hydrogen-bond donors (Lipinski definition) is 2. The zero-order chi connectivity index (χ0) is 13.2. The van der Waals surface area contributed by atoms with Crippen LogP contribution in [0.1, 0.15) is 62.4 Å². The minimum Gasteiger partial charge on any atom is -0.342 e. The van der Waals surface area contributed by atoms with Crippen LogP contribution in [-0.2, 0) is 0 Å². The second-order valence-corrected chi connectivity index (χ2v) is 5.74. The van der Waals surface area contributed by atoms with Gasteiger partial charge in [0.2, 0.25) is 0 Å². The lowest BCUT2D eigenvalue weighted by molar-refractivity contribution is 0.431. The molecule has 2 aromatic rings. The van der Waals surface area contributed by atoms with Gasteiger partial charge in [-0.2, -0.15) is 0 Å². The third kappa shape index (κ3) is 2.52. The Morgan fingerprint density at radius 2 is 2.05 bits per heavy atom. The summed E-state index contributed by atoms with van der Waals surface area (Å²) in [7, 11) is 2.00. The van der Waals surface area contributed by atoms with Gasteiger partial charge >= 0.3 is 0 Å². The first-order chi connectivity index (χ1) is 9.28. The summed E-state index contributed by atoms with van der Waals surface area (Å²) in [4.78, 5) is 8.33. The minimum atomic E-state index is 0.380. The van der Waals surface area contributed by atoms with Gasteiger partial charge in [-0.15, -0.1) is 0 Å². The number of nitrogens with zero attached hydrogens (tertiary/aromatic N) is 1. The van der Waals surface area contributed by atoms with Crippen molar-refractivity contribution in [3.05, 3.63) is 29.6 Å². The Labute approximate surface area is 114 Å². The van der Waals surface area contributed by atoms with Gasteiger partial charge in [-0.05, 0) is 44.5 Å². The Morgan fingerprint density at radius 1 is 1.26 bits per heavy atom. The lowest BCUT2D eigenvalue weighted by atomic mass is 9.89. The Bertz CT molecular complexity index is 552. The van der Waals surface area contributed by atoms with Gasteiger partial charge in [0.15, 0.2) is 0 Å². The van der Waals surface area contributed by atoms with Crippen molar-refractivity contribution < 1.29 is 0 Å². The normalized spacial score (nSPS) is 18.8. The molecule has 1 aromatic carbocycles. The number of hydrogen-bond acceptors (Lipinski definition) is 2. The monoisotopic (exact) mass is 257 g/mol. The fourth-order valence-electron chi connectivity index (χ4n) is 3.05. The van der Waals surface area contributed by atoms with Crippen molar-refractivity contribution in [3.63, 3.8) is 0 Å². The molecule has 0 aliphatic heterocycles. The molecule has 1 heterocycles. The largest absolute Gasteiger partial charge is 0.342 e. The maximum absolute atomic E-state index is 4.79. The zero-order valence-electron chi connectivity index (χ0n) is 11.9. The number of nitrogens with one attached hydrogen (secondary N) is 2. The number of H-pyrrole nitrogens is 1. The van der Waals surface area contributed by atoms with E-state index in [1.165, 1.54) is 49.0 Å². The van der Waals surface area contributed by atoms with Crippen LogP contribution in [0.25, 0.3) is 11.0 Å². The highest BCUT2D eigenvalue weighted by Crippen LogP contribution is 2.32. The van der Waals surface area contributed by atoms with Crippen LogP contribution in [0.15, 0.2) is 18.2 Å². The van der Waals surface area contributed by atoms with Gasteiger partial charge in [-0.3, -0.25) is 0 Å². The van der Waals surface area contributed by atoms with Gasteiger partial charge in [0.1, 0.15) is 5.82 Å². The molecule has 102 valence electrons. The molecule has 1 aliphatic rings. The van der Waals surface area contributed by atoms with Gasteiger partial charge in [0.25, 0.3) is 0 Å². The highest BCUT2D eigenvalue weighted by atomic mass is 14.9. The van der Waals surface area contributed by atoms with Crippen molar-refractivity contribution >= 4 is 11.0 Å². The summed E-state index contributed by atoms with van der Waals surface area (Å²) in [6.07, 6.45) is 6.67. The maximum atomic E-state index is 4.79. The minimum absolute atomic E-state index is 0.380. The second-order valence-electron chi connectivity index (χ2n) is 5.74. The van der Waals surface area contributed by atoms with E-state index < -0.39 is 0 Å². The fourth-order valence-corrected chi connectivity index (χ4v) is 3.05. The van der Waals surface area contributed by atoms with Gasteiger partial charge in [0.05, 0.1) is 11.0 Å². The summed E-state index contributed by atoms with van der Waals surface area (Å²) < 4.78 is 0. The van der Waals surface area contributed by atoms with Gasteiger partial charge < -0.3 is 10.3 Å². The maximum Gasteiger partial charge on any atom is 0.110 e. The Balaban J connectivity index is 1.91. The lowest BCUT2D eigenvalue weighted by Gasteiger charge is -2.18. The number of rotatable bonds is 3. The molecular formula is C16H23N3. The predicted octanol–water partition coefficient (Wildman–Crippen LogP) is 3.89. The van der Waals surface area contributed by atoms with E-state index in [0.717, 1.165) is 5.52 Å². The Kier molecular flexibility index (Phi) is 3.56.